The van der Waals surface area contributed by atoms with Gasteiger partial charge in [0.15, 0.2) is 6.10 Å². The van der Waals surface area contributed by atoms with Crippen LogP contribution < -0.4 is 0 Å². The highest BCUT2D eigenvalue weighted by Crippen LogP contribution is 2.18. The Morgan fingerprint density at radius 2 is 0.549 bits per heavy atom. The first-order chi connectivity index (χ1) is 35.0. The van der Waals surface area contributed by atoms with Gasteiger partial charge in [-0.25, -0.2) is 0 Å². The molecule has 0 fully saturated rings. The maximum absolute atomic E-state index is 12.8. The highest BCUT2D eigenvalue weighted by molar-refractivity contribution is 5.71. The zero-order valence-corrected chi connectivity index (χ0v) is 47.8. The molecule has 0 aliphatic rings. The van der Waals surface area contributed by atoms with E-state index in [2.05, 4.69) is 57.2 Å². The first kappa shape index (κ1) is 68.6. The molecule has 0 saturated carbocycles. The second-order valence-electron chi connectivity index (χ2n) is 21.3. The average molecular weight is 998 g/mol. The predicted molar refractivity (Wildman–Crippen MR) is 307 cm³/mol. The van der Waals surface area contributed by atoms with Crippen LogP contribution in [0.3, 0.4) is 0 Å². The number of ether oxygens (including phenoxy) is 3. The normalized spacial score (nSPS) is 12.2. The second kappa shape index (κ2) is 60.2. The molecule has 6 heteroatoms. The van der Waals surface area contributed by atoms with E-state index in [4.69, 9.17) is 14.2 Å². The van der Waals surface area contributed by atoms with E-state index in [0.29, 0.717) is 19.3 Å². The summed E-state index contributed by atoms with van der Waals surface area (Å²) in [5.41, 5.74) is 0. The molecule has 0 aromatic heterocycles. The van der Waals surface area contributed by atoms with Crippen molar-refractivity contribution in [1.82, 2.24) is 0 Å². The Labute approximate surface area is 442 Å². The van der Waals surface area contributed by atoms with Crippen LogP contribution in [0.25, 0.3) is 0 Å². The number of unbranched alkanes of at least 4 members (excludes halogenated alkanes) is 41. The van der Waals surface area contributed by atoms with Crippen LogP contribution in [0.2, 0.25) is 0 Å². The number of rotatable bonds is 58. The molecule has 71 heavy (non-hydrogen) atoms. The van der Waals surface area contributed by atoms with Gasteiger partial charge in [0.25, 0.3) is 0 Å². The summed E-state index contributed by atoms with van der Waals surface area (Å²) in [6.45, 7) is 6.56. The van der Waals surface area contributed by atoms with Crippen molar-refractivity contribution in [2.45, 2.75) is 348 Å². The molecule has 0 radical (unpaired) electrons. The lowest BCUT2D eigenvalue weighted by Gasteiger charge is -2.18. The minimum absolute atomic E-state index is 0.0772. The van der Waals surface area contributed by atoms with Crippen LogP contribution in [-0.2, 0) is 28.6 Å². The first-order valence-corrected chi connectivity index (χ1v) is 31.5. The minimum Gasteiger partial charge on any atom is -0.462 e. The maximum Gasteiger partial charge on any atom is 0.306 e. The summed E-state index contributed by atoms with van der Waals surface area (Å²) in [6.07, 6.45) is 73.2. The fourth-order valence-corrected chi connectivity index (χ4v) is 9.35. The van der Waals surface area contributed by atoms with Crippen molar-refractivity contribution in [1.29, 1.82) is 0 Å². The molecule has 0 aliphatic carbocycles. The molecule has 6 nitrogen and oxygen atoms in total. The summed E-state index contributed by atoms with van der Waals surface area (Å²) < 4.78 is 16.8. The highest BCUT2D eigenvalue weighted by atomic mass is 16.6. The van der Waals surface area contributed by atoms with E-state index in [1.165, 1.54) is 205 Å². The summed E-state index contributed by atoms with van der Waals surface area (Å²) >= 11 is 0. The van der Waals surface area contributed by atoms with Gasteiger partial charge in [-0.15, -0.1) is 0 Å². The molecule has 0 rings (SSSR count). The topological polar surface area (TPSA) is 78.9 Å². The van der Waals surface area contributed by atoms with Crippen molar-refractivity contribution in [2.24, 2.45) is 0 Å². The number of carbonyl (C=O) groups is 3. The van der Waals surface area contributed by atoms with Crippen molar-refractivity contribution in [2.75, 3.05) is 13.2 Å². The summed E-state index contributed by atoms with van der Waals surface area (Å²) in [5, 5.41) is 0. The van der Waals surface area contributed by atoms with Gasteiger partial charge in [-0.1, -0.05) is 295 Å². The molecule has 416 valence electrons. The van der Waals surface area contributed by atoms with Crippen molar-refractivity contribution >= 4 is 17.9 Å². The number of hydrogen-bond donors (Lipinski definition) is 0. The minimum atomic E-state index is -0.780. The summed E-state index contributed by atoms with van der Waals surface area (Å²) in [6, 6.07) is 0. The molecule has 0 heterocycles. The molecule has 0 N–H and O–H groups in total. The van der Waals surface area contributed by atoms with Crippen molar-refractivity contribution < 1.29 is 28.6 Å². The first-order valence-electron chi connectivity index (χ1n) is 31.5. The molecule has 0 bridgehead atoms. The molecule has 0 aromatic carbocycles. The second-order valence-corrected chi connectivity index (χ2v) is 21.3. The quantitative estimate of drug-likeness (QED) is 0.0261. The van der Waals surface area contributed by atoms with Gasteiger partial charge >= 0.3 is 17.9 Å². The third-order valence-corrected chi connectivity index (χ3v) is 14.1. The van der Waals surface area contributed by atoms with Gasteiger partial charge < -0.3 is 14.2 Å². The third kappa shape index (κ3) is 58.4. The van der Waals surface area contributed by atoms with Crippen LogP contribution in [0.15, 0.2) is 36.5 Å². The molecule has 1 unspecified atom stereocenters. The molecular weight excluding hydrogens is 877 g/mol. The smallest absolute Gasteiger partial charge is 0.306 e. The van der Waals surface area contributed by atoms with Crippen LogP contribution >= 0.6 is 0 Å². The van der Waals surface area contributed by atoms with E-state index in [1.54, 1.807) is 0 Å². The van der Waals surface area contributed by atoms with E-state index in [0.717, 1.165) is 96.3 Å². The Kier molecular flexibility index (Phi) is 58.2. The largest absolute Gasteiger partial charge is 0.462 e. The van der Waals surface area contributed by atoms with Gasteiger partial charge in [0.1, 0.15) is 13.2 Å². The average Bonchev–Trinajstić information content (AvgIpc) is 3.37. The van der Waals surface area contributed by atoms with E-state index < -0.39 is 6.10 Å². The molecule has 0 amide bonds. The van der Waals surface area contributed by atoms with Crippen molar-refractivity contribution in [3.63, 3.8) is 0 Å². The summed E-state index contributed by atoms with van der Waals surface area (Å²) in [5.74, 6) is -0.885. The van der Waals surface area contributed by atoms with Gasteiger partial charge in [0.05, 0.1) is 0 Å². The van der Waals surface area contributed by atoms with Gasteiger partial charge in [0, 0.05) is 19.3 Å². The monoisotopic (exact) mass is 997 g/mol. The van der Waals surface area contributed by atoms with Crippen molar-refractivity contribution in [3.8, 4) is 0 Å². The maximum atomic E-state index is 12.8. The highest BCUT2D eigenvalue weighted by Gasteiger charge is 2.19. The Morgan fingerprint density at radius 1 is 0.282 bits per heavy atom. The van der Waals surface area contributed by atoms with Crippen LogP contribution in [0.5, 0.6) is 0 Å². The number of esters is 3. The third-order valence-electron chi connectivity index (χ3n) is 14.1. The Hall–Kier alpha value is -2.37. The fourth-order valence-electron chi connectivity index (χ4n) is 9.35. The van der Waals surface area contributed by atoms with Crippen LogP contribution in [0.4, 0.5) is 0 Å². The molecule has 0 aromatic rings. The fraction of sp³-hybridized carbons (Fsp3) is 0.862. The summed E-state index contributed by atoms with van der Waals surface area (Å²) in [4.78, 5) is 38.1. The lowest BCUT2D eigenvalue weighted by molar-refractivity contribution is -0.167. The van der Waals surface area contributed by atoms with Gasteiger partial charge in [-0.3, -0.25) is 14.4 Å². The van der Waals surface area contributed by atoms with E-state index >= 15 is 0 Å². The van der Waals surface area contributed by atoms with E-state index in [1.807, 2.05) is 0 Å². The van der Waals surface area contributed by atoms with Crippen LogP contribution in [0, 0.1) is 0 Å². The molecule has 0 spiro atoms. The van der Waals surface area contributed by atoms with Gasteiger partial charge in [-0.2, -0.15) is 0 Å². The summed E-state index contributed by atoms with van der Waals surface area (Å²) in [7, 11) is 0. The number of allylic oxidation sites excluding steroid dienone is 6. The van der Waals surface area contributed by atoms with Gasteiger partial charge in [0.2, 0.25) is 0 Å². The van der Waals surface area contributed by atoms with E-state index in [-0.39, 0.29) is 31.1 Å². The Balaban J connectivity index is 4.08. The molecule has 0 aliphatic heterocycles. The lowest BCUT2D eigenvalue weighted by Crippen LogP contribution is -2.30. The van der Waals surface area contributed by atoms with Crippen molar-refractivity contribution in [3.05, 3.63) is 36.5 Å². The van der Waals surface area contributed by atoms with E-state index in [9.17, 15) is 14.4 Å². The van der Waals surface area contributed by atoms with Crippen LogP contribution in [0.1, 0.15) is 342 Å². The zero-order valence-electron chi connectivity index (χ0n) is 47.8. The Morgan fingerprint density at radius 3 is 0.887 bits per heavy atom. The molecule has 1 atom stereocenters. The Bertz CT molecular complexity index is 1190. The van der Waals surface area contributed by atoms with Gasteiger partial charge in [-0.05, 0) is 64.2 Å². The number of carbonyl (C=O) groups excluding carboxylic acids is 3. The predicted octanol–water partition coefficient (Wildman–Crippen LogP) is 21.2. The lowest BCUT2D eigenvalue weighted by atomic mass is 10.0. The zero-order chi connectivity index (χ0) is 51.4. The standard InChI is InChI=1S/C65H120O6/c1-4-7-10-13-16-19-22-24-25-26-27-28-29-30-31-32-33-34-35-36-37-38-39-41-43-46-49-52-55-58-64(67)70-61-62(60-69-63(66)57-54-51-48-45-42-21-18-15-12-9-6-3)71-65(68)59-56-53-50-47-44-40-23-20-17-14-11-8-5-2/h11,14-15,18,20,23,62H,4-10,12-13,16-17,19,21-22,24-61H2,1-3H3/b14-11-,18-15-,23-20-. The molecule has 0 saturated heterocycles. The van der Waals surface area contributed by atoms with Crippen LogP contribution in [-0.4, -0.2) is 37.2 Å². The number of hydrogen-bond acceptors (Lipinski definition) is 6. The SMILES string of the molecule is CCC/C=C\C/C=C\CCCCCCCC(=O)OC(COC(=O)CCCCCCC/C=C\CCCC)COC(=O)CCCCCCCCCCCCCCCCCCCCCCCCCCCCCCC. The molecular formula is C65H120O6.